The van der Waals surface area contributed by atoms with Gasteiger partial charge in [0.05, 0.1) is 18.6 Å². The minimum atomic E-state index is 0.195. The number of nitrogens with zero attached hydrogens (tertiary/aromatic N) is 5. The number of nitrogens with two attached hydrogens (primary N) is 1. The largest absolute Gasteiger partial charge is 0.399 e. The van der Waals surface area contributed by atoms with Crippen molar-refractivity contribution < 1.29 is 4.74 Å². The Morgan fingerprint density at radius 1 is 1.18 bits per heavy atom. The van der Waals surface area contributed by atoms with Crippen LogP contribution in [-0.4, -0.2) is 64.0 Å². The third-order valence-corrected chi connectivity index (χ3v) is 4.94. The minimum Gasteiger partial charge on any atom is -0.399 e. The second-order valence-electron chi connectivity index (χ2n) is 7.32. The van der Waals surface area contributed by atoms with E-state index in [9.17, 15) is 0 Å². The molecule has 0 unspecified atom stereocenters. The van der Waals surface area contributed by atoms with Crippen molar-refractivity contribution in [3.8, 4) is 11.3 Å². The van der Waals surface area contributed by atoms with E-state index < -0.39 is 0 Å². The number of hydrogen-bond donors (Lipinski definition) is 2. The van der Waals surface area contributed by atoms with Gasteiger partial charge in [-0.15, -0.1) is 0 Å². The fraction of sp³-hybridized carbons (Fsp3) is 0.450. The number of benzene rings is 1. The molecule has 1 aliphatic rings. The van der Waals surface area contributed by atoms with Gasteiger partial charge in [-0.1, -0.05) is 12.1 Å². The summed E-state index contributed by atoms with van der Waals surface area (Å²) in [7, 11) is 0. The van der Waals surface area contributed by atoms with Gasteiger partial charge in [0.15, 0.2) is 5.65 Å². The van der Waals surface area contributed by atoms with Gasteiger partial charge in [0.1, 0.15) is 5.69 Å². The van der Waals surface area contributed by atoms with Crippen LogP contribution in [-0.2, 0) is 4.74 Å². The molecule has 8 nitrogen and oxygen atoms in total. The van der Waals surface area contributed by atoms with Gasteiger partial charge < -0.3 is 15.8 Å². The lowest BCUT2D eigenvalue weighted by atomic mass is 10.1. The maximum atomic E-state index is 5.82. The Labute approximate surface area is 164 Å². The fourth-order valence-corrected chi connectivity index (χ4v) is 3.37. The molecule has 0 aliphatic carbocycles. The van der Waals surface area contributed by atoms with Crippen LogP contribution in [0.15, 0.2) is 30.5 Å². The Morgan fingerprint density at radius 3 is 2.64 bits per heavy atom. The summed E-state index contributed by atoms with van der Waals surface area (Å²) in [6.45, 7) is 9.53. The molecule has 2 aromatic heterocycles. The quantitative estimate of drug-likeness (QED) is 0.633. The van der Waals surface area contributed by atoms with E-state index in [-0.39, 0.29) is 6.04 Å². The summed E-state index contributed by atoms with van der Waals surface area (Å²) in [5.41, 5.74) is 9.28. The van der Waals surface area contributed by atoms with Crippen molar-refractivity contribution in [2.75, 3.05) is 50.4 Å². The summed E-state index contributed by atoms with van der Waals surface area (Å²) in [6, 6.07) is 7.93. The van der Waals surface area contributed by atoms with Gasteiger partial charge in [0.2, 0.25) is 5.95 Å². The normalized spacial score (nSPS) is 15.4. The van der Waals surface area contributed by atoms with Gasteiger partial charge in [-0.05, 0) is 26.0 Å². The van der Waals surface area contributed by atoms with E-state index in [0.29, 0.717) is 5.95 Å². The van der Waals surface area contributed by atoms with Crippen LogP contribution < -0.4 is 11.1 Å². The molecule has 3 heterocycles. The van der Waals surface area contributed by atoms with Crippen molar-refractivity contribution in [1.82, 2.24) is 24.6 Å². The molecule has 0 spiro atoms. The van der Waals surface area contributed by atoms with Gasteiger partial charge in [0, 0.05) is 49.7 Å². The lowest BCUT2D eigenvalue weighted by molar-refractivity contribution is 0.0398. The molecule has 3 aromatic rings. The van der Waals surface area contributed by atoms with Crippen LogP contribution in [0.3, 0.4) is 0 Å². The number of nitrogen functional groups attached to an aromatic ring is 1. The molecule has 4 rings (SSSR count). The number of rotatable bonds is 6. The highest BCUT2D eigenvalue weighted by atomic mass is 16.5. The predicted octanol–water partition coefficient (Wildman–Crippen LogP) is 2.40. The zero-order valence-electron chi connectivity index (χ0n) is 16.4. The summed E-state index contributed by atoms with van der Waals surface area (Å²) < 4.78 is 7.34. The van der Waals surface area contributed by atoms with Crippen LogP contribution in [0.1, 0.15) is 19.9 Å². The molecule has 1 aliphatic heterocycles. The standard InChI is InChI=1S/C20H27N7O/c1-14(2)27-19-17(18(25-27)15-3-5-16(21)6-4-15)13-23-20(24-19)22-7-8-26-9-11-28-12-10-26/h3-6,13-14H,7-12,21H2,1-2H3,(H,22,23,24). The molecule has 3 N–H and O–H groups in total. The summed E-state index contributed by atoms with van der Waals surface area (Å²) in [5, 5.41) is 9.09. The second kappa shape index (κ2) is 8.12. The van der Waals surface area contributed by atoms with E-state index in [1.54, 1.807) is 0 Å². The first kappa shape index (κ1) is 18.6. The predicted molar refractivity (Wildman–Crippen MR) is 111 cm³/mol. The van der Waals surface area contributed by atoms with Crippen LogP contribution in [0, 0.1) is 0 Å². The maximum Gasteiger partial charge on any atom is 0.224 e. The third-order valence-electron chi connectivity index (χ3n) is 4.94. The molecule has 0 atom stereocenters. The average molecular weight is 381 g/mol. The average Bonchev–Trinajstić information content (AvgIpc) is 3.09. The molecular weight excluding hydrogens is 354 g/mol. The van der Waals surface area contributed by atoms with E-state index in [1.807, 2.05) is 35.1 Å². The third kappa shape index (κ3) is 3.93. The molecular formula is C20H27N7O. The number of fused-ring (bicyclic) bond motifs is 1. The van der Waals surface area contributed by atoms with Crippen molar-refractivity contribution >= 4 is 22.7 Å². The lowest BCUT2D eigenvalue weighted by Gasteiger charge is -2.26. The van der Waals surface area contributed by atoms with Crippen LogP contribution >= 0.6 is 0 Å². The van der Waals surface area contributed by atoms with Gasteiger partial charge in [0.25, 0.3) is 0 Å². The zero-order chi connectivity index (χ0) is 19.5. The van der Waals surface area contributed by atoms with Crippen LogP contribution in [0.4, 0.5) is 11.6 Å². The Morgan fingerprint density at radius 2 is 1.93 bits per heavy atom. The van der Waals surface area contributed by atoms with Gasteiger partial charge in [-0.3, -0.25) is 4.90 Å². The van der Waals surface area contributed by atoms with Gasteiger partial charge in [-0.2, -0.15) is 10.1 Å². The number of anilines is 2. The van der Waals surface area contributed by atoms with Crippen molar-refractivity contribution in [2.24, 2.45) is 0 Å². The molecule has 0 bridgehead atoms. The first-order chi connectivity index (χ1) is 13.6. The Balaban J connectivity index is 1.57. The SMILES string of the molecule is CC(C)n1nc(-c2ccc(N)cc2)c2cnc(NCCN3CCOCC3)nc21. The first-order valence-corrected chi connectivity index (χ1v) is 9.77. The van der Waals surface area contributed by atoms with Crippen LogP contribution in [0.5, 0.6) is 0 Å². The summed E-state index contributed by atoms with van der Waals surface area (Å²) >= 11 is 0. The number of morpholine rings is 1. The number of nitrogens with one attached hydrogen (secondary N) is 1. The van der Waals surface area contributed by atoms with Crippen molar-refractivity contribution in [3.63, 3.8) is 0 Å². The fourth-order valence-electron chi connectivity index (χ4n) is 3.37. The Hall–Kier alpha value is -2.71. The number of hydrogen-bond acceptors (Lipinski definition) is 7. The van der Waals surface area contributed by atoms with Crippen molar-refractivity contribution in [2.45, 2.75) is 19.9 Å². The molecule has 0 saturated carbocycles. The zero-order valence-corrected chi connectivity index (χ0v) is 16.4. The smallest absolute Gasteiger partial charge is 0.224 e. The van der Waals surface area contributed by atoms with E-state index in [1.165, 1.54) is 0 Å². The topological polar surface area (TPSA) is 94.1 Å². The molecule has 28 heavy (non-hydrogen) atoms. The first-order valence-electron chi connectivity index (χ1n) is 9.77. The Bertz CT molecular complexity index is 930. The van der Waals surface area contributed by atoms with Gasteiger partial charge >= 0.3 is 0 Å². The monoisotopic (exact) mass is 381 g/mol. The molecule has 1 aromatic carbocycles. The summed E-state index contributed by atoms with van der Waals surface area (Å²) in [4.78, 5) is 11.7. The van der Waals surface area contributed by atoms with Crippen LogP contribution in [0.25, 0.3) is 22.3 Å². The molecule has 0 amide bonds. The molecule has 0 radical (unpaired) electrons. The molecule has 8 heteroatoms. The van der Waals surface area contributed by atoms with Gasteiger partial charge in [-0.25, -0.2) is 9.67 Å². The van der Waals surface area contributed by atoms with Crippen molar-refractivity contribution in [3.05, 3.63) is 30.5 Å². The summed E-state index contributed by atoms with van der Waals surface area (Å²) in [5.74, 6) is 0.631. The van der Waals surface area contributed by atoms with E-state index in [4.69, 9.17) is 20.6 Å². The van der Waals surface area contributed by atoms with E-state index in [2.05, 4.69) is 29.0 Å². The highest BCUT2D eigenvalue weighted by Gasteiger charge is 2.17. The second-order valence-corrected chi connectivity index (χ2v) is 7.32. The van der Waals surface area contributed by atoms with Crippen LogP contribution in [0.2, 0.25) is 0 Å². The lowest BCUT2D eigenvalue weighted by Crippen LogP contribution is -2.39. The Kier molecular flexibility index (Phi) is 5.40. The highest BCUT2D eigenvalue weighted by molar-refractivity contribution is 5.91. The minimum absolute atomic E-state index is 0.195. The molecule has 148 valence electrons. The van der Waals surface area contributed by atoms with E-state index >= 15 is 0 Å². The molecule has 1 fully saturated rings. The number of ether oxygens (including phenoxy) is 1. The molecule has 1 saturated heterocycles. The highest BCUT2D eigenvalue weighted by Crippen LogP contribution is 2.29. The van der Waals surface area contributed by atoms with Crippen molar-refractivity contribution in [1.29, 1.82) is 0 Å². The maximum absolute atomic E-state index is 5.82. The van der Waals surface area contributed by atoms with E-state index in [0.717, 1.165) is 67.4 Å². The number of aromatic nitrogens is 4. The summed E-state index contributed by atoms with van der Waals surface area (Å²) in [6.07, 6.45) is 1.86.